The predicted molar refractivity (Wildman–Crippen MR) is 184 cm³/mol. The van der Waals surface area contributed by atoms with Crippen LogP contribution in [0, 0.1) is 5.82 Å². The van der Waals surface area contributed by atoms with Crippen LogP contribution in [0.25, 0.3) is 0 Å². The van der Waals surface area contributed by atoms with E-state index in [2.05, 4.69) is 15.2 Å². The van der Waals surface area contributed by atoms with E-state index in [4.69, 9.17) is 30.8 Å². The first-order valence-corrected chi connectivity index (χ1v) is 17.0. The molecule has 3 aliphatic rings. The van der Waals surface area contributed by atoms with Crippen LogP contribution in [0.1, 0.15) is 22.2 Å². The standard InChI is InChI=1S/C34H36ClFN6O7S/c1-47-18-34(19-48-2,32(44)45)20-4-7-22(8-5-20)42-16-23-15-40(11-12-41(23)33(42)46)17-26-27(31(43)49-3)28(24-9-6-21(36)14-25(24)35)39-29(38-26)30-37-10-13-50-30/h4-10,13-14,23,28H,11-12,15-19H2,1-3H3,(H,38,39)(H,44,45)/t23-,28-/m0/s1. The van der Waals surface area contributed by atoms with Crippen molar-refractivity contribution in [2.24, 2.45) is 4.99 Å². The molecule has 0 radical (unpaired) electrons. The van der Waals surface area contributed by atoms with Crippen LogP contribution >= 0.6 is 22.9 Å². The molecular formula is C34H36ClFN6O7S. The highest BCUT2D eigenvalue weighted by molar-refractivity contribution is 7.11. The first kappa shape index (κ1) is 35.4. The second-order valence-corrected chi connectivity index (χ2v) is 13.5. The molecule has 0 spiro atoms. The molecule has 0 saturated carbocycles. The Labute approximate surface area is 296 Å². The Bertz CT molecular complexity index is 1820. The molecule has 6 rings (SSSR count). The molecule has 16 heteroatoms. The number of carboxylic acids is 1. The van der Waals surface area contributed by atoms with E-state index in [-0.39, 0.29) is 35.9 Å². The van der Waals surface area contributed by atoms with Gasteiger partial charge in [0.2, 0.25) is 0 Å². The number of nitrogens with zero attached hydrogens (tertiary/aromatic N) is 5. The minimum absolute atomic E-state index is 0.0816. The summed E-state index contributed by atoms with van der Waals surface area (Å²) >= 11 is 7.87. The van der Waals surface area contributed by atoms with Crippen LogP contribution in [0.5, 0.6) is 0 Å². The largest absolute Gasteiger partial charge is 0.480 e. The van der Waals surface area contributed by atoms with Crippen molar-refractivity contribution in [3.63, 3.8) is 0 Å². The van der Waals surface area contributed by atoms with E-state index in [1.165, 1.54) is 50.9 Å². The number of carbonyl (C=O) groups excluding carboxylic acids is 2. The number of methoxy groups -OCH3 is 3. The summed E-state index contributed by atoms with van der Waals surface area (Å²) in [5, 5.41) is 15.9. The van der Waals surface area contributed by atoms with Gasteiger partial charge >= 0.3 is 18.0 Å². The van der Waals surface area contributed by atoms with Gasteiger partial charge in [-0.05, 0) is 29.8 Å². The van der Waals surface area contributed by atoms with Crippen LogP contribution in [0.15, 0.2) is 70.3 Å². The number of carboxylic acid groups (broad SMARTS) is 1. The van der Waals surface area contributed by atoms with Crippen molar-refractivity contribution in [2.75, 3.05) is 72.2 Å². The summed E-state index contributed by atoms with van der Waals surface area (Å²) in [5.74, 6) is -1.74. The number of benzene rings is 2. The summed E-state index contributed by atoms with van der Waals surface area (Å²) in [6.45, 7) is 2.02. The number of anilines is 1. The van der Waals surface area contributed by atoms with Crippen molar-refractivity contribution >= 4 is 52.4 Å². The zero-order valence-corrected chi connectivity index (χ0v) is 29.2. The SMILES string of the molecule is COCC(COC)(C(=O)O)c1ccc(N2C[C@@H]3CN(CC4=C(C(=O)OC)[C@H](c5ccc(F)cc5Cl)N=C(c5nccs5)N4)CCN3C2=O)cc1. The van der Waals surface area contributed by atoms with Crippen molar-refractivity contribution in [2.45, 2.75) is 17.5 Å². The minimum atomic E-state index is -1.40. The van der Waals surface area contributed by atoms with Crippen molar-refractivity contribution in [1.82, 2.24) is 20.1 Å². The van der Waals surface area contributed by atoms with Gasteiger partial charge < -0.3 is 29.5 Å². The maximum absolute atomic E-state index is 14.0. The number of rotatable bonds is 12. The Morgan fingerprint density at radius 2 is 1.84 bits per heavy atom. The first-order chi connectivity index (χ1) is 24.1. The van der Waals surface area contributed by atoms with Crippen LogP contribution in [0.3, 0.4) is 0 Å². The van der Waals surface area contributed by atoms with Crippen molar-refractivity contribution < 1.29 is 38.1 Å². The third-order valence-electron chi connectivity index (χ3n) is 9.16. The molecule has 2 atom stereocenters. The van der Waals surface area contributed by atoms with Crippen molar-refractivity contribution in [3.05, 3.63) is 92.3 Å². The number of hydrogen-bond acceptors (Lipinski definition) is 11. The van der Waals surface area contributed by atoms with Gasteiger partial charge in [-0.25, -0.2) is 19.0 Å². The van der Waals surface area contributed by atoms with Gasteiger partial charge in [0.25, 0.3) is 0 Å². The number of hydrogen-bond donors (Lipinski definition) is 2. The first-order valence-electron chi connectivity index (χ1n) is 15.7. The number of ether oxygens (including phenoxy) is 3. The topological polar surface area (TPSA) is 146 Å². The Balaban J connectivity index is 1.24. The Morgan fingerprint density at radius 3 is 2.46 bits per heavy atom. The number of halogens is 2. The van der Waals surface area contributed by atoms with Crippen LogP contribution in [0.4, 0.5) is 14.9 Å². The number of aromatic nitrogens is 1. The molecule has 2 amide bonds. The quantitative estimate of drug-likeness (QED) is 0.265. The number of esters is 1. The van der Waals surface area contributed by atoms with Gasteiger partial charge in [-0.15, -0.1) is 11.3 Å². The fraction of sp³-hybridized carbons (Fsp3) is 0.382. The van der Waals surface area contributed by atoms with E-state index in [0.29, 0.717) is 66.1 Å². The lowest BCUT2D eigenvalue weighted by Gasteiger charge is -2.38. The maximum atomic E-state index is 14.0. The smallest absolute Gasteiger partial charge is 0.338 e. The highest BCUT2D eigenvalue weighted by Crippen LogP contribution is 2.37. The number of aliphatic imine (C=N–C) groups is 1. The Hall–Kier alpha value is -4.41. The summed E-state index contributed by atoms with van der Waals surface area (Å²) in [7, 11) is 4.17. The maximum Gasteiger partial charge on any atom is 0.338 e. The number of amides is 2. The van der Waals surface area contributed by atoms with Gasteiger partial charge in [-0.1, -0.05) is 29.8 Å². The van der Waals surface area contributed by atoms with Crippen LogP contribution < -0.4 is 10.2 Å². The average Bonchev–Trinajstić information content (AvgIpc) is 3.76. The number of urea groups is 1. The fourth-order valence-corrected chi connectivity index (χ4v) is 7.59. The van der Waals surface area contributed by atoms with Gasteiger partial charge in [0.05, 0.1) is 31.9 Å². The molecular weight excluding hydrogens is 691 g/mol. The van der Waals surface area contributed by atoms with E-state index < -0.39 is 29.2 Å². The molecule has 1 aromatic heterocycles. The second-order valence-electron chi connectivity index (χ2n) is 12.2. The zero-order valence-electron chi connectivity index (χ0n) is 27.6. The van der Waals surface area contributed by atoms with E-state index >= 15 is 0 Å². The third kappa shape index (κ3) is 6.71. The summed E-state index contributed by atoms with van der Waals surface area (Å²) in [5.41, 5.74) is 0.976. The molecule has 3 aliphatic heterocycles. The number of fused-ring (bicyclic) bond motifs is 1. The number of thiazole rings is 1. The highest BCUT2D eigenvalue weighted by Gasteiger charge is 2.44. The molecule has 4 heterocycles. The summed E-state index contributed by atoms with van der Waals surface area (Å²) in [4.78, 5) is 54.1. The molecule has 2 N–H and O–H groups in total. The molecule has 0 aliphatic carbocycles. The highest BCUT2D eigenvalue weighted by atomic mass is 35.5. The molecule has 0 bridgehead atoms. The Kier molecular flexibility index (Phi) is 10.5. The van der Waals surface area contributed by atoms with Crippen LogP contribution in [-0.4, -0.2) is 117 Å². The lowest BCUT2D eigenvalue weighted by Crippen LogP contribution is -2.53. The van der Waals surface area contributed by atoms with Gasteiger partial charge in [-0.2, -0.15) is 0 Å². The van der Waals surface area contributed by atoms with Gasteiger partial charge in [0.1, 0.15) is 17.3 Å². The van der Waals surface area contributed by atoms with Gasteiger partial charge in [0, 0.05) is 80.5 Å². The molecule has 3 aromatic rings. The molecule has 264 valence electrons. The second kappa shape index (κ2) is 14.8. The van der Waals surface area contributed by atoms with E-state index in [1.807, 2.05) is 10.3 Å². The predicted octanol–water partition coefficient (Wildman–Crippen LogP) is 3.70. The van der Waals surface area contributed by atoms with Crippen molar-refractivity contribution in [3.8, 4) is 0 Å². The van der Waals surface area contributed by atoms with Crippen LogP contribution in [-0.2, 0) is 29.2 Å². The van der Waals surface area contributed by atoms with Gasteiger partial charge in [0.15, 0.2) is 10.8 Å². The minimum Gasteiger partial charge on any atom is -0.480 e. The molecule has 2 saturated heterocycles. The summed E-state index contributed by atoms with van der Waals surface area (Å²) < 4.78 is 29.7. The van der Waals surface area contributed by atoms with E-state index in [0.717, 1.165) is 0 Å². The van der Waals surface area contributed by atoms with Crippen LogP contribution in [0.2, 0.25) is 5.02 Å². The number of piperazine rings is 1. The average molecular weight is 727 g/mol. The fourth-order valence-electron chi connectivity index (χ4n) is 6.73. The van der Waals surface area contributed by atoms with E-state index in [1.54, 1.807) is 35.4 Å². The van der Waals surface area contributed by atoms with E-state index in [9.17, 15) is 23.9 Å². The number of aliphatic carboxylic acids is 1. The molecule has 0 unspecified atom stereocenters. The number of amidine groups is 1. The lowest BCUT2D eigenvalue weighted by molar-refractivity contribution is -0.149. The monoisotopic (exact) mass is 726 g/mol. The summed E-state index contributed by atoms with van der Waals surface area (Å²) in [6.07, 6.45) is 1.65. The zero-order chi connectivity index (χ0) is 35.6. The third-order valence-corrected chi connectivity index (χ3v) is 10.3. The number of nitrogens with one attached hydrogen (secondary N) is 1. The van der Waals surface area contributed by atoms with Gasteiger partial charge in [-0.3, -0.25) is 19.6 Å². The molecule has 2 aromatic carbocycles. The molecule has 50 heavy (non-hydrogen) atoms. The Morgan fingerprint density at radius 1 is 1.10 bits per heavy atom. The van der Waals surface area contributed by atoms with Crippen molar-refractivity contribution in [1.29, 1.82) is 0 Å². The number of carbonyl (C=O) groups is 3. The molecule has 13 nitrogen and oxygen atoms in total. The summed E-state index contributed by atoms with van der Waals surface area (Å²) in [6, 6.07) is 9.66. The lowest BCUT2D eigenvalue weighted by atomic mass is 9.82. The molecule has 2 fully saturated rings. The normalized spacial score (nSPS) is 19.7.